The Hall–Kier alpha value is -1.07. The molecule has 2 aliphatic rings. The Labute approximate surface area is 122 Å². The van der Waals surface area contributed by atoms with E-state index in [4.69, 9.17) is 5.73 Å². The van der Waals surface area contributed by atoms with Crippen LogP contribution in [-0.2, 0) is 0 Å². The predicted molar refractivity (Wildman–Crippen MR) is 79.8 cm³/mol. The van der Waals surface area contributed by atoms with E-state index in [1.165, 1.54) is 12.5 Å². The highest BCUT2D eigenvalue weighted by molar-refractivity contribution is 7.99. The van der Waals surface area contributed by atoms with Crippen molar-refractivity contribution in [3.63, 3.8) is 0 Å². The zero-order valence-electron chi connectivity index (χ0n) is 11.6. The molecule has 5 heteroatoms. The number of Topliss-reactive ketones (excluding diaryl/α,β-unsaturated/α-hetero) is 1. The topological polar surface area (TPSA) is 46.3 Å². The van der Waals surface area contributed by atoms with Crippen LogP contribution in [0.15, 0.2) is 11.0 Å². The third-order valence-corrected chi connectivity index (χ3v) is 5.54. The molecule has 0 aromatic heterocycles. The normalized spacial score (nSPS) is 23.7. The van der Waals surface area contributed by atoms with E-state index in [1.807, 2.05) is 0 Å². The van der Waals surface area contributed by atoms with Crippen LogP contribution < -0.4 is 5.73 Å². The number of thioether (sulfide) groups is 1. The second kappa shape index (κ2) is 5.37. The molecule has 108 valence electrons. The second-order valence-corrected chi connectivity index (χ2v) is 6.59. The average Bonchev–Trinajstić information content (AvgIpc) is 2.45. The van der Waals surface area contributed by atoms with Gasteiger partial charge in [-0.25, -0.2) is 4.39 Å². The Kier molecular flexibility index (Phi) is 3.73. The molecule has 3 nitrogen and oxygen atoms in total. The van der Waals surface area contributed by atoms with Gasteiger partial charge in [0.25, 0.3) is 0 Å². The lowest BCUT2D eigenvalue weighted by Crippen LogP contribution is -2.47. The molecule has 3 rings (SSSR count). The quantitative estimate of drug-likeness (QED) is 0.809. The van der Waals surface area contributed by atoms with Gasteiger partial charge >= 0.3 is 0 Å². The monoisotopic (exact) mass is 294 g/mol. The molecule has 1 atom stereocenters. The third-order valence-electron chi connectivity index (χ3n) is 4.26. The fourth-order valence-corrected chi connectivity index (χ4v) is 4.45. The highest BCUT2D eigenvalue weighted by Crippen LogP contribution is 2.39. The lowest BCUT2D eigenvalue weighted by atomic mass is 9.97. The fourth-order valence-electron chi connectivity index (χ4n) is 3.08. The van der Waals surface area contributed by atoms with Gasteiger partial charge in [-0.2, -0.15) is 0 Å². The maximum Gasteiger partial charge on any atom is 0.184 e. The van der Waals surface area contributed by atoms with Crippen molar-refractivity contribution in [1.29, 1.82) is 0 Å². The Bertz CT molecular complexity index is 555. The number of hydrogen-bond acceptors (Lipinski definition) is 4. The number of nitrogens with zero attached hydrogens (tertiary/aromatic N) is 1. The Morgan fingerprint density at radius 2 is 2.05 bits per heavy atom. The Morgan fingerprint density at radius 3 is 2.75 bits per heavy atom. The number of likely N-dealkylation sites (tertiary alicyclic amines) is 1. The number of anilines is 1. The predicted octanol–water partition coefficient (Wildman–Crippen LogP) is 2.86. The lowest BCUT2D eigenvalue weighted by Gasteiger charge is -2.36. The molecule has 1 fully saturated rings. The summed E-state index contributed by atoms with van der Waals surface area (Å²) >= 11 is 1.57. The minimum absolute atomic E-state index is 0.0706. The van der Waals surface area contributed by atoms with Crippen LogP contribution in [0.25, 0.3) is 0 Å². The van der Waals surface area contributed by atoms with Crippen LogP contribution in [0, 0.1) is 12.7 Å². The van der Waals surface area contributed by atoms with Gasteiger partial charge in [-0.15, -0.1) is 11.8 Å². The first-order valence-corrected chi connectivity index (χ1v) is 8.08. The summed E-state index contributed by atoms with van der Waals surface area (Å²) in [7, 11) is 0. The molecule has 0 radical (unpaired) electrons. The van der Waals surface area contributed by atoms with Crippen molar-refractivity contribution in [2.75, 3.05) is 24.6 Å². The first-order valence-electron chi connectivity index (χ1n) is 7.09. The van der Waals surface area contributed by atoms with E-state index in [0.717, 1.165) is 30.8 Å². The molecule has 1 aromatic rings. The van der Waals surface area contributed by atoms with Gasteiger partial charge in [-0.3, -0.25) is 9.69 Å². The number of nitrogens with two attached hydrogens (primary N) is 1. The highest BCUT2D eigenvalue weighted by Gasteiger charge is 2.35. The lowest BCUT2D eigenvalue weighted by molar-refractivity contribution is 0.0808. The summed E-state index contributed by atoms with van der Waals surface area (Å²) in [6.45, 7) is 3.67. The summed E-state index contributed by atoms with van der Waals surface area (Å²) < 4.78 is 13.7. The fraction of sp³-hybridized carbons (Fsp3) is 0.533. The number of hydrogen-bond donors (Lipinski definition) is 1. The summed E-state index contributed by atoms with van der Waals surface area (Å²) in [5.74, 6) is 0.453. The van der Waals surface area contributed by atoms with Gasteiger partial charge in [0.1, 0.15) is 5.82 Å². The molecule has 20 heavy (non-hydrogen) atoms. The SMILES string of the molecule is Cc1c(F)cc(N)c2c1SCC(N1CCCCC1)C2=O. The maximum absolute atomic E-state index is 13.7. The van der Waals surface area contributed by atoms with E-state index in [-0.39, 0.29) is 23.3 Å². The van der Waals surface area contributed by atoms with Gasteiger partial charge in [0.2, 0.25) is 0 Å². The van der Waals surface area contributed by atoms with E-state index in [0.29, 0.717) is 16.9 Å². The number of benzene rings is 1. The summed E-state index contributed by atoms with van der Waals surface area (Å²) in [5.41, 5.74) is 7.26. The number of carbonyl (C=O) groups is 1. The van der Waals surface area contributed by atoms with Crippen LogP contribution in [0.3, 0.4) is 0 Å². The molecule has 1 saturated heterocycles. The van der Waals surface area contributed by atoms with Gasteiger partial charge in [0.15, 0.2) is 5.78 Å². The summed E-state index contributed by atoms with van der Waals surface area (Å²) in [6, 6.07) is 1.19. The number of ketones is 1. The average molecular weight is 294 g/mol. The number of nitrogen functional groups attached to an aromatic ring is 1. The first kappa shape index (κ1) is 13.9. The molecule has 1 aromatic carbocycles. The minimum atomic E-state index is -0.321. The van der Waals surface area contributed by atoms with Crippen LogP contribution in [0.5, 0.6) is 0 Å². The van der Waals surface area contributed by atoms with E-state index in [1.54, 1.807) is 18.7 Å². The molecular weight excluding hydrogens is 275 g/mol. The van der Waals surface area contributed by atoms with Crippen molar-refractivity contribution in [1.82, 2.24) is 4.90 Å². The van der Waals surface area contributed by atoms with Crippen LogP contribution in [0.4, 0.5) is 10.1 Å². The maximum atomic E-state index is 13.7. The molecule has 0 spiro atoms. The molecule has 0 aliphatic carbocycles. The van der Waals surface area contributed by atoms with Gasteiger partial charge in [-0.05, 0) is 44.5 Å². The zero-order chi connectivity index (χ0) is 14.3. The number of piperidine rings is 1. The molecule has 2 heterocycles. The Balaban J connectivity index is 1.96. The summed E-state index contributed by atoms with van der Waals surface area (Å²) in [5, 5.41) is 0. The van der Waals surface area contributed by atoms with Crippen molar-refractivity contribution in [3.05, 3.63) is 23.0 Å². The van der Waals surface area contributed by atoms with Crippen LogP contribution >= 0.6 is 11.8 Å². The smallest absolute Gasteiger partial charge is 0.184 e. The molecule has 1 unspecified atom stereocenters. The minimum Gasteiger partial charge on any atom is -0.398 e. The van der Waals surface area contributed by atoms with Crippen LogP contribution in [0.1, 0.15) is 35.2 Å². The van der Waals surface area contributed by atoms with Crippen molar-refractivity contribution in [2.45, 2.75) is 37.1 Å². The van der Waals surface area contributed by atoms with Crippen molar-refractivity contribution in [3.8, 4) is 0 Å². The molecule has 0 amide bonds. The molecule has 0 saturated carbocycles. The van der Waals surface area contributed by atoms with E-state index < -0.39 is 0 Å². The van der Waals surface area contributed by atoms with Gasteiger partial charge in [0, 0.05) is 16.3 Å². The van der Waals surface area contributed by atoms with Gasteiger partial charge < -0.3 is 5.73 Å². The van der Waals surface area contributed by atoms with Crippen molar-refractivity contribution >= 4 is 23.2 Å². The summed E-state index contributed by atoms with van der Waals surface area (Å²) in [4.78, 5) is 15.7. The zero-order valence-corrected chi connectivity index (χ0v) is 12.4. The summed E-state index contributed by atoms with van der Waals surface area (Å²) in [6.07, 6.45) is 3.55. The third kappa shape index (κ3) is 2.23. The number of carbonyl (C=O) groups excluding carboxylic acids is 1. The van der Waals surface area contributed by atoms with Gasteiger partial charge in [-0.1, -0.05) is 6.42 Å². The van der Waals surface area contributed by atoms with E-state index in [9.17, 15) is 9.18 Å². The second-order valence-electron chi connectivity index (χ2n) is 5.56. The number of rotatable bonds is 1. The largest absolute Gasteiger partial charge is 0.398 e. The van der Waals surface area contributed by atoms with Crippen molar-refractivity contribution < 1.29 is 9.18 Å². The molecule has 0 bridgehead atoms. The number of halogens is 1. The molecular formula is C15H19FN2OS. The van der Waals surface area contributed by atoms with Crippen molar-refractivity contribution in [2.24, 2.45) is 0 Å². The number of fused-ring (bicyclic) bond motifs is 1. The van der Waals surface area contributed by atoms with Crippen LogP contribution in [0.2, 0.25) is 0 Å². The molecule has 2 aliphatic heterocycles. The Morgan fingerprint density at radius 1 is 1.35 bits per heavy atom. The van der Waals surface area contributed by atoms with E-state index in [2.05, 4.69) is 4.90 Å². The highest BCUT2D eigenvalue weighted by atomic mass is 32.2. The van der Waals surface area contributed by atoms with Crippen LogP contribution in [-0.4, -0.2) is 35.6 Å². The first-order chi connectivity index (χ1) is 9.59. The molecule has 2 N–H and O–H groups in total. The van der Waals surface area contributed by atoms with E-state index >= 15 is 0 Å². The standard InChI is InChI=1S/C15H19FN2OS/c1-9-10(16)7-11(17)13-14(19)12(8-20-15(9)13)18-5-3-2-4-6-18/h7,12H,2-6,8,17H2,1H3. The van der Waals surface area contributed by atoms with Gasteiger partial charge in [0.05, 0.1) is 11.6 Å².